The minimum Gasteiger partial charge on any atom is -0.508 e. The number of aliphatic hydroxyl groups is 2. The molecule has 0 radical (unpaired) electrons. The SMILES string of the molecule is CCCC[C@H]1C(=O)N(C)CC(=O)N[C@@H](CC(=O)O)C(=O)N[C@@H](C(C)C)C(=O)N(C)C(Cc2ccccc2)C(=O)N2C[C@H](O)C[C@H]2C(=O)N2CCC[C@@H]2C(=O)N[C@@H](Cc2c[nH]c3ccccc23)C(=O)N[C@@H](Cc2ccc(O)cc2)C(=O)N[C@@H](CC(C)C)C(=O)N[C@H](C(=O)NCC(N)O)CSCC(=O)N[C@@H](Cc2ccccc2)C(=O)N(C)[C@@H](Cc2ccccc2)C(=O)N1C. The molecule has 0 saturated carbocycles. The molecule has 684 valence electrons. The third-order valence-corrected chi connectivity index (χ3v) is 24.0. The van der Waals surface area contributed by atoms with E-state index < -0.39 is 211 Å². The van der Waals surface area contributed by atoms with Crippen molar-refractivity contribution in [2.75, 3.05) is 65.9 Å². The van der Waals surface area contributed by atoms with Gasteiger partial charge < -0.3 is 103 Å². The minimum absolute atomic E-state index is 0.0321. The van der Waals surface area contributed by atoms with E-state index in [0.717, 1.165) is 26.5 Å². The Labute approximate surface area is 742 Å². The summed E-state index contributed by atoms with van der Waals surface area (Å²) in [6.45, 7) is 6.80. The molecule has 6 aromatic rings. The largest absolute Gasteiger partial charge is 0.508 e. The molecule has 14 atom stereocenters. The van der Waals surface area contributed by atoms with Crippen LogP contribution in [0.5, 0.6) is 5.75 Å². The summed E-state index contributed by atoms with van der Waals surface area (Å²) in [6.07, 6.45) is -2.30. The molecule has 1 aromatic heterocycles. The number of carbonyl (C=O) groups is 15. The van der Waals surface area contributed by atoms with E-state index in [2.05, 4.69) is 47.5 Å². The van der Waals surface area contributed by atoms with Crippen LogP contribution in [0.1, 0.15) is 114 Å². The number of rotatable bonds is 21. The number of aromatic hydroxyl groups is 1. The van der Waals surface area contributed by atoms with Crippen LogP contribution in [0.3, 0.4) is 0 Å². The molecule has 0 spiro atoms. The van der Waals surface area contributed by atoms with Crippen LogP contribution in [0.25, 0.3) is 10.9 Å². The molecular formula is C91H120N16O19S. The van der Waals surface area contributed by atoms with E-state index in [4.69, 9.17) is 5.73 Å². The van der Waals surface area contributed by atoms with Crippen molar-refractivity contribution in [1.82, 2.24) is 76.9 Å². The Morgan fingerprint density at radius 1 is 0.543 bits per heavy atom. The molecule has 3 saturated heterocycles. The zero-order chi connectivity index (χ0) is 92.5. The van der Waals surface area contributed by atoms with Crippen LogP contribution in [0.2, 0.25) is 0 Å². The number of hydrogen-bond donors (Lipinski definition) is 14. The summed E-state index contributed by atoms with van der Waals surface area (Å²) in [5.74, 6) is -15.6. The summed E-state index contributed by atoms with van der Waals surface area (Å²) in [6, 6.07) is 21.0. The fourth-order valence-corrected chi connectivity index (χ4v) is 16.9. The maximum Gasteiger partial charge on any atom is 0.305 e. The summed E-state index contributed by atoms with van der Waals surface area (Å²) in [5.41, 5.74) is 9.03. The number of unbranched alkanes of at least 4 members (excludes halogenated alkanes) is 1. The van der Waals surface area contributed by atoms with Gasteiger partial charge in [-0.25, -0.2) is 0 Å². The van der Waals surface area contributed by atoms with Gasteiger partial charge >= 0.3 is 5.97 Å². The number of benzene rings is 5. The predicted octanol–water partition coefficient (Wildman–Crippen LogP) is 1.18. The number of carbonyl (C=O) groups excluding carboxylic acids is 14. The van der Waals surface area contributed by atoms with Gasteiger partial charge in [-0.3, -0.25) is 71.9 Å². The van der Waals surface area contributed by atoms with Crippen molar-refractivity contribution in [3.8, 4) is 5.75 Å². The number of likely N-dealkylation sites (N-methyl/N-ethyl adjacent to an activating group) is 4. The highest BCUT2D eigenvalue weighted by Gasteiger charge is 2.49. The first-order valence-electron chi connectivity index (χ1n) is 42.9. The second-order valence-corrected chi connectivity index (χ2v) is 34.6. The first-order valence-corrected chi connectivity index (χ1v) is 44.1. The Kier molecular flexibility index (Phi) is 36.3. The number of aliphatic hydroxyl groups excluding tert-OH is 2. The summed E-state index contributed by atoms with van der Waals surface area (Å²) in [5, 5.41) is 64.6. The minimum atomic E-state index is -1.89. The van der Waals surface area contributed by atoms with Crippen molar-refractivity contribution < 1.29 is 92.3 Å². The van der Waals surface area contributed by atoms with E-state index in [1.165, 1.54) is 67.2 Å². The Morgan fingerprint density at radius 3 is 1.67 bits per heavy atom. The number of amides is 14. The normalized spacial score (nSPS) is 24.5. The lowest BCUT2D eigenvalue weighted by Gasteiger charge is -2.37. The highest BCUT2D eigenvalue weighted by atomic mass is 32.2. The van der Waals surface area contributed by atoms with Crippen LogP contribution < -0.4 is 48.3 Å². The monoisotopic (exact) mass is 1770 g/mol. The topological polar surface area (TPSA) is 494 Å². The molecule has 5 aromatic carbocycles. The summed E-state index contributed by atoms with van der Waals surface area (Å²) < 4.78 is 0. The Balaban J connectivity index is 1.11. The number of hydrogen-bond acceptors (Lipinski definition) is 20. The molecule has 14 amide bonds. The highest BCUT2D eigenvalue weighted by molar-refractivity contribution is 8.00. The van der Waals surface area contributed by atoms with E-state index in [-0.39, 0.29) is 88.2 Å². The number of aliphatic carboxylic acids is 1. The van der Waals surface area contributed by atoms with Crippen LogP contribution in [0, 0.1) is 11.8 Å². The van der Waals surface area contributed by atoms with Crippen molar-refractivity contribution in [2.45, 2.75) is 203 Å². The molecule has 3 aliphatic rings. The van der Waals surface area contributed by atoms with Crippen molar-refractivity contribution >= 4 is 111 Å². The first-order chi connectivity index (χ1) is 60.5. The fourth-order valence-electron chi connectivity index (χ4n) is 16.1. The number of carboxylic acids is 1. The van der Waals surface area contributed by atoms with Gasteiger partial charge in [-0.15, -0.1) is 11.8 Å². The molecule has 2 unspecified atom stereocenters. The van der Waals surface area contributed by atoms with Crippen molar-refractivity contribution in [2.24, 2.45) is 17.6 Å². The fraction of sp³-hybridized carbons (Fsp3) is 0.484. The lowest BCUT2D eigenvalue weighted by atomic mass is 9.98. The third kappa shape index (κ3) is 27.6. The molecule has 127 heavy (non-hydrogen) atoms. The van der Waals surface area contributed by atoms with Crippen LogP contribution in [-0.2, 0) is 104 Å². The van der Waals surface area contributed by atoms with E-state index in [0.29, 0.717) is 51.6 Å². The van der Waals surface area contributed by atoms with Crippen molar-refractivity contribution in [3.63, 3.8) is 0 Å². The van der Waals surface area contributed by atoms with E-state index in [1.807, 2.05) is 6.92 Å². The smallest absolute Gasteiger partial charge is 0.305 e. The number of nitrogens with zero attached hydrogens (tertiary/aromatic N) is 6. The molecule has 36 heteroatoms. The van der Waals surface area contributed by atoms with Gasteiger partial charge in [-0.1, -0.05) is 169 Å². The number of thioether (sulfide) groups is 1. The molecular weight excluding hydrogens is 1650 g/mol. The van der Waals surface area contributed by atoms with Crippen LogP contribution >= 0.6 is 11.8 Å². The van der Waals surface area contributed by atoms with E-state index >= 15 is 38.4 Å². The number of carboxylic acid groups (broad SMARTS) is 1. The number of aromatic amines is 1. The number of H-pyrrole nitrogens is 1. The van der Waals surface area contributed by atoms with Gasteiger partial charge in [0.2, 0.25) is 82.7 Å². The predicted molar refractivity (Wildman–Crippen MR) is 473 cm³/mol. The first kappa shape index (κ1) is 98.5. The molecule has 0 bridgehead atoms. The number of aromatic nitrogens is 1. The molecule has 3 fully saturated rings. The number of fused-ring (bicyclic) bond motifs is 3. The van der Waals surface area contributed by atoms with Crippen molar-refractivity contribution in [3.05, 3.63) is 174 Å². The van der Waals surface area contributed by atoms with Gasteiger partial charge in [0.1, 0.15) is 84.5 Å². The number of phenolic OH excluding ortho intramolecular Hbond substituents is 1. The van der Waals surface area contributed by atoms with Gasteiger partial charge in [-0.2, -0.15) is 0 Å². The summed E-state index contributed by atoms with van der Waals surface area (Å²) in [4.78, 5) is 234. The number of para-hydroxylation sites is 1. The van der Waals surface area contributed by atoms with Gasteiger partial charge in [0.15, 0.2) is 0 Å². The Morgan fingerprint density at radius 2 is 1.07 bits per heavy atom. The van der Waals surface area contributed by atoms with Gasteiger partial charge in [0, 0.05) is 103 Å². The number of nitrogens with one attached hydrogen (secondary N) is 9. The van der Waals surface area contributed by atoms with Gasteiger partial charge in [0.25, 0.3) is 0 Å². The standard InChI is InChI=1S/C91H120N16O19S/c1-10-11-32-71-87(122)102(6)50-76(111)95-67(46-78(113)114)84(119)101-79(54(4)5)91(126)105(9)73(43-57-28-19-14-20-29-57)89(124)107-49-61(109)45-74(107)90(125)106-38-23-33-70(106)85(120)99-66(44-59-47-93-63-31-22-21-30-62(59)63)83(118)98-65(40-58-34-36-60(108)37-35-58)82(117)97-64(39-53(2)3)81(116)100-69(80(115)94-48-75(92)110)51-127-52-77(112)96-68(41-55-24-15-12-16-25-55)86(121)104(8)72(88(123)103(71)7)42-56-26-17-13-18-27-56/h12-22,24-31,34-37,47,53-54,61,64-75,79,93,108-110H,10-11,23,32-33,38-46,48-52,92H2,1-9H3,(H,94,115)(H,95,111)(H,96,112)(H,97,117)(H,98,118)(H,99,120)(H,100,116)(H,101,119)(H,113,114)/t61-,64+,65+,66+,67+,68+,69+,70-,71+,72+,73?,74+,75?,79+/m1/s1. The molecule has 4 heterocycles. The summed E-state index contributed by atoms with van der Waals surface area (Å²) >= 11 is 0.858. The number of phenols is 1. The zero-order valence-corrected chi connectivity index (χ0v) is 73.9. The van der Waals surface area contributed by atoms with E-state index in [9.17, 15) is 54.0 Å². The molecule has 0 aliphatic carbocycles. The van der Waals surface area contributed by atoms with Gasteiger partial charge in [-0.05, 0) is 83.5 Å². The lowest BCUT2D eigenvalue weighted by Crippen LogP contribution is -2.61. The Hall–Kier alpha value is -12.3. The van der Waals surface area contributed by atoms with Crippen molar-refractivity contribution in [1.29, 1.82) is 0 Å². The van der Waals surface area contributed by atoms with Crippen LogP contribution in [0.15, 0.2) is 146 Å². The van der Waals surface area contributed by atoms with E-state index in [1.54, 1.807) is 149 Å². The third-order valence-electron chi connectivity index (χ3n) is 23.0. The molecule has 15 N–H and O–H groups in total. The lowest BCUT2D eigenvalue weighted by molar-refractivity contribution is -0.152. The highest BCUT2D eigenvalue weighted by Crippen LogP contribution is 2.30. The zero-order valence-electron chi connectivity index (χ0n) is 73.1. The summed E-state index contributed by atoms with van der Waals surface area (Å²) in [7, 11) is 5.33. The van der Waals surface area contributed by atoms with Gasteiger partial charge in [0.05, 0.1) is 31.4 Å². The second-order valence-electron chi connectivity index (χ2n) is 33.6. The van der Waals surface area contributed by atoms with Crippen LogP contribution in [0.4, 0.5) is 0 Å². The molecule has 35 nitrogen and oxygen atoms in total. The molecule has 3 aliphatic heterocycles. The number of nitrogens with two attached hydrogens (primary N) is 1. The average Bonchev–Trinajstić information content (AvgIpc) is 1.58. The quantitative estimate of drug-likeness (QED) is 0.0450. The molecule has 9 rings (SSSR count). The maximum absolute atomic E-state index is 15.7. The average molecular weight is 1770 g/mol. The maximum atomic E-state index is 15.7. The second kappa shape index (κ2) is 46.8. The van der Waals surface area contributed by atoms with Crippen LogP contribution in [-0.4, -0.2) is 294 Å². The Bertz CT molecular complexity index is 4830.